The van der Waals surface area contributed by atoms with Crippen molar-refractivity contribution in [3.8, 4) is 40.8 Å². The van der Waals surface area contributed by atoms with Gasteiger partial charge in [0.05, 0.1) is 45.7 Å². The van der Waals surface area contributed by atoms with Gasteiger partial charge in [-0.2, -0.15) is 0 Å². The minimum atomic E-state index is -1.23. The van der Waals surface area contributed by atoms with Crippen molar-refractivity contribution in [2.45, 2.75) is 0 Å². The Morgan fingerprint density at radius 3 is 1.31 bits per heavy atom. The van der Waals surface area contributed by atoms with E-state index in [9.17, 15) is 19.8 Å². The number of methoxy groups -OCH3 is 2. The first-order chi connectivity index (χ1) is 14.4. The van der Waals surface area contributed by atoms with Gasteiger partial charge >= 0.3 is 103 Å². The molecular weight excluding hydrogens is 543 g/mol. The Hall–Kier alpha value is 0.613. The largest absolute Gasteiger partial charge is 1.00 e. The third-order valence-electron chi connectivity index (χ3n) is 4.14. The predicted octanol–water partition coefficient (Wildman–Crippen LogP) is -2.31. The summed E-state index contributed by atoms with van der Waals surface area (Å²) in [4.78, 5) is 27.8. The van der Waals surface area contributed by atoms with Gasteiger partial charge in [0.2, 0.25) is 0 Å². The minimum absolute atomic E-state index is 0. The van der Waals surface area contributed by atoms with E-state index in [1.165, 1.54) is 49.0 Å². The van der Waals surface area contributed by atoms with Gasteiger partial charge < -0.3 is 29.3 Å². The summed E-state index contributed by atoms with van der Waals surface area (Å²) in [5.41, 5.74) is 0. The quantitative estimate of drug-likeness (QED) is 0.238. The van der Waals surface area contributed by atoms with Crippen LogP contribution < -0.4 is 122 Å². The van der Waals surface area contributed by atoms with Crippen molar-refractivity contribution in [1.82, 2.24) is 0 Å². The summed E-state index contributed by atoms with van der Waals surface area (Å²) >= 11 is 5.27. The van der Waals surface area contributed by atoms with E-state index < -0.39 is 11.9 Å². The average molecular weight is 555 g/mol. The van der Waals surface area contributed by atoms with Gasteiger partial charge in [-0.05, 0) is 24.3 Å². The molecule has 0 aromatic carbocycles. The van der Waals surface area contributed by atoms with E-state index >= 15 is 0 Å². The molecule has 154 valence electrons. The number of ether oxygens (including phenoxy) is 2. The second kappa shape index (κ2) is 12.5. The number of carboxylic acid groups (broad SMARTS) is 2. The van der Waals surface area contributed by atoms with Gasteiger partial charge in [-0.3, -0.25) is 0 Å². The van der Waals surface area contributed by atoms with Gasteiger partial charge in [0, 0.05) is 31.6 Å². The van der Waals surface area contributed by atoms with E-state index in [0.717, 1.165) is 51.9 Å². The molecule has 0 bridgehead atoms. The molecule has 0 aliphatic heterocycles. The van der Waals surface area contributed by atoms with Crippen molar-refractivity contribution in [1.29, 1.82) is 0 Å². The van der Waals surface area contributed by atoms with Crippen LogP contribution in [0.5, 0.6) is 11.5 Å². The molecule has 0 atom stereocenters. The van der Waals surface area contributed by atoms with E-state index in [0.29, 0.717) is 11.5 Å². The minimum Gasteiger partial charge on any atom is -0.544 e. The first-order valence-corrected chi connectivity index (χ1v) is 11.7. The second-order valence-corrected chi connectivity index (χ2v) is 10.2. The maximum absolute atomic E-state index is 11.2. The third-order valence-corrected chi connectivity index (χ3v) is 9.06. The molecule has 4 heterocycles. The van der Waals surface area contributed by atoms with Gasteiger partial charge in [0.15, 0.2) is 0 Å². The standard InChI is InChI=1S/C20H14O6S4.2K/c1-25-9-7-15(19(21)22)29-17(9)13-5-3-11(27-13)12-4-6-14(28-12)18-10(26-2)8-16(30-18)20(23)24;;/h3-8H,1-2H3,(H,21,22)(H,23,24);;/q;2*+1/p-2. The molecule has 0 fully saturated rings. The average Bonchev–Trinajstić information content (AvgIpc) is 3.51. The summed E-state index contributed by atoms with van der Waals surface area (Å²) in [6.07, 6.45) is 0. The fourth-order valence-electron chi connectivity index (χ4n) is 2.78. The molecule has 0 N–H and O–H groups in total. The molecule has 0 amide bonds. The molecule has 0 radical (unpaired) electrons. The van der Waals surface area contributed by atoms with Crippen molar-refractivity contribution in [2.75, 3.05) is 14.2 Å². The molecule has 4 rings (SSSR count). The summed E-state index contributed by atoms with van der Waals surface area (Å²) < 4.78 is 10.6. The fraction of sp³-hybridized carbons (Fsp3) is 0.100. The molecule has 6 nitrogen and oxygen atoms in total. The maximum atomic E-state index is 11.2. The molecule has 32 heavy (non-hydrogen) atoms. The number of hydrogen-bond acceptors (Lipinski definition) is 10. The van der Waals surface area contributed by atoms with Crippen molar-refractivity contribution in [3.63, 3.8) is 0 Å². The molecule has 0 saturated carbocycles. The van der Waals surface area contributed by atoms with Gasteiger partial charge in [0.1, 0.15) is 11.5 Å². The Labute approximate surface area is 285 Å². The van der Waals surface area contributed by atoms with Crippen LogP contribution in [-0.2, 0) is 0 Å². The molecule has 4 aromatic rings. The Bertz CT molecular complexity index is 1160. The van der Waals surface area contributed by atoms with Gasteiger partial charge in [0.25, 0.3) is 0 Å². The summed E-state index contributed by atoms with van der Waals surface area (Å²) in [5.74, 6) is -1.47. The molecule has 4 aromatic heterocycles. The molecule has 0 aliphatic carbocycles. The van der Waals surface area contributed by atoms with Gasteiger partial charge in [-0.1, -0.05) is 0 Å². The van der Waals surface area contributed by atoms with E-state index in [1.54, 1.807) is 0 Å². The van der Waals surface area contributed by atoms with Crippen LogP contribution in [0.3, 0.4) is 0 Å². The Balaban J connectivity index is 0.00000181. The van der Waals surface area contributed by atoms with Crippen LogP contribution in [-0.4, -0.2) is 26.2 Å². The van der Waals surface area contributed by atoms with E-state index in [2.05, 4.69) is 0 Å². The van der Waals surface area contributed by atoms with Gasteiger partial charge in [-0.25, -0.2) is 0 Å². The molecular formula is C20H12K2O6S4. The number of rotatable bonds is 7. The van der Waals surface area contributed by atoms with E-state index in [4.69, 9.17) is 9.47 Å². The number of aromatic carboxylic acids is 2. The SMILES string of the molecule is COc1cc(C(=O)[O-])sc1-c1ccc(-c2ccc(-c3sc(C(=O)[O-])cc3OC)s2)s1.[K+].[K+]. The molecule has 0 unspecified atom stereocenters. The summed E-state index contributed by atoms with van der Waals surface area (Å²) in [6.45, 7) is 0. The Morgan fingerprint density at radius 1 is 0.656 bits per heavy atom. The van der Waals surface area contributed by atoms with Crippen LogP contribution in [0.25, 0.3) is 29.3 Å². The summed E-state index contributed by atoms with van der Waals surface area (Å²) in [6, 6.07) is 10.7. The first kappa shape index (κ1) is 28.8. The third kappa shape index (κ3) is 6.05. The first-order valence-electron chi connectivity index (χ1n) is 8.40. The molecule has 12 heteroatoms. The zero-order valence-electron chi connectivity index (χ0n) is 17.5. The fourth-order valence-corrected chi connectivity index (χ4v) is 7.03. The number of thiophene rings is 4. The van der Waals surface area contributed by atoms with E-state index in [-0.39, 0.29) is 113 Å². The summed E-state index contributed by atoms with van der Waals surface area (Å²) in [7, 11) is 3.00. The number of hydrogen-bond donors (Lipinski definition) is 0. The molecule has 0 aliphatic rings. The van der Waals surface area contributed by atoms with Crippen LogP contribution in [0.1, 0.15) is 19.3 Å². The van der Waals surface area contributed by atoms with Crippen LogP contribution in [0.15, 0.2) is 36.4 Å². The van der Waals surface area contributed by atoms with Crippen molar-refractivity contribution in [3.05, 3.63) is 46.2 Å². The Kier molecular flexibility index (Phi) is 11.3. The van der Waals surface area contributed by atoms with Crippen molar-refractivity contribution < 1.29 is 132 Å². The van der Waals surface area contributed by atoms with Crippen molar-refractivity contribution >= 4 is 57.3 Å². The van der Waals surface area contributed by atoms with Crippen LogP contribution in [0.2, 0.25) is 0 Å². The molecule has 0 saturated heterocycles. The van der Waals surface area contributed by atoms with Crippen LogP contribution in [0, 0.1) is 0 Å². The maximum Gasteiger partial charge on any atom is 1.00 e. The number of carbonyl (C=O) groups is 2. The molecule has 0 spiro atoms. The van der Waals surface area contributed by atoms with Crippen molar-refractivity contribution in [2.24, 2.45) is 0 Å². The van der Waals surface area contributed by atoms with Gasteiger partial charge in [-0.15, -0.1) is 45.3 Å². The topological polar surface area (TPSA) is 98.7 Å². The second-order valence-electron chi connectivity index (χ2n) is 5.92. The zero-order chi connectivity index (χ0) is 21.4. The summed E-state index contributed by atoms with van der Waals surface area (Å²) in [5, 5.41) is 22.3. The number of carbonyl (C=O) groups excluding carboxylic acids is 2. The zero-order valence-corrected chi connectivity index (χ0v) is 27.1. The van der Waals surface area contributed by atoms with Crippen LogP contribution >= 0.6 is 45.3 Å². The monoisotopic (exact) mass is 554 g/mol. The predicted molar refractivity (Wildman–Crippen MR) is 116 cm³/mol. The smallest absolute Gasteiger partial charge is 0.544 e. The normalized spacial score (nSPS) is 10.2. The van der Waals surface area contributed by atoms with E-state index in [1.807, 2.05) is 24.3 Å². The van der Waals surface area contributed by atoms with Crippen LogP contribution in [0.4, 0.5) is 0 Å². The Morgan fingerprint density at radius 2 is 1.00 bits per heavy atom. The number of carboxylic acids is 2.